The highest BCUT2D eigenvalue weighted by Crippen LogP contribution is 2.23. The molecule has 1 amide bonds. The maximum Gasteiger partial charge on any atom is 0.416 e. The smallest absolute Gasteiger partial charge is 0.403 e. The van der Waals surface area contributed by atoms with Gasteiger partial charge in [-0.15, -0.1) is 0 Å². The number of carbonyl (C=O) groups is 1. The second-order valence-corrected chi connectivity index (χ2v) is 8.08. The lowest BCUT2D eigenvalue weighted by Crippen LogP contribution is -2.25. The summed E-state index contributed by atoms with van der Waals surface area (Å²) in [6.45, 7) is 1.76. The van der Waals surface area contributed by atoms with E-state index in [0.717, 1.165) is 0 Å². The number of aromatic nitrogens is 1. The summed E-state index contributed by atoms with van der Waals surface area (Å²) in [6, 6.07) is 9.69. The van der Waals surface area contributed by atoms with Crippen LogP contribution in [-0.4, -0.2) is 38.5 Å². The van der Waals surface area contributed by atoms with Gasteiger partial charge < -0.3 is 14.1 Å². The predicted octanol–water partition coefficient (Wildman–Crippen LogP) is 1.76. The fourth-order valence-electron chi connectivity index (χ4n) is 2.81. The fourth-order valence-corrected chi connectivity index (χ4v) is 3.26. The predicted molar refractivity (Wildman–Crippen MR) is 111 cm³/mol. The maximum atomic E-state index is 12.6. The van der Waals surface area contributed by atoms with Gasteiger partial charge >= 0.3 is 11.7 Å². The van der Waals surface area contributed by atoms with Gasteiger partial charge in [-0.05, 0) is 36.2 Å². The first-order valence-corrected chi connectivity index (χ1v) is 10.3. The molecule has 0 aliphatic rings. The molecule has 0 radical (unpaired) electrons. The fraction of sp³-hybridized carbons (Fsp3) is 0.211. The summed E-state index contributed by atoms with van der Waals surface area (Å²) in [4.78, 5) is 29.6. The molecule has 0 spiro atoms. The molecule has 11 heteroatoms. The third-order valence-electron chi connectivity index (χ3n) is 4.25. The largest absolute Gasteiger partial charge is 0.416 e. The van der Waals surface area contributed by atoms with Gasteiger partial charge in [-0.2, -0.15) is 13.4 Å². The van der Waals surface area contributed by atoms with Crippen LogP contribution in [0, 0.1) is 6.92 Å². The molecule has 158 valence electrons. The first kappa shape index (κ1) is 21.3. The topological polar surface area (TPSA) is 145 Å². The van der Waals surface area contributed by atoms with Crippen molar-refractivity contribution >= 4 is 33.1 Å². The van der Waals surface area contributed by atoms with Crippen molar-refractivity contribution in [2.75, 3.05) is 18.8 Å². The van der Waals surface area contributed by atoms with Gasteiger partial charge in [-0.25, -0.2) is 14.7 Å². The van der Waals surface area contributed by atoms with Crippen molar-refractivity contribution in [2.24, 2.45) is 5.14 Å². The van der Waals surface area contributed by atoms with Crippen molar-refractivity contribution in [2.45, 2.75) is 13.3 Å². The van der Waals surface area contributed by atoms with Gasteiger partial charge in [0.15, 0.2) is 0 Å². The average molecular weight is 432 g/mol. The molecule has 3 rings (SSSR count). The van der Waals surface area contributed by atoms with Crippen LogP contribution in [0.25, 0.3) is 11.1 Å². The van der Waals surface area contributed by atoms with Gasteiger partial charge in [-0.3, -0.25) is 4.72 Å². The SMILES string of the molecule is Cc1c(Cc2cccc(NS(N)(=O)=O)c2)c(=O)oc2nc(OC(=O)N(C)C)ccc12. The Bertz CT molecular complexity index is 1280. The first-order chi connectivity index (χ1) is 14.0. The Balaban J connectivity index is 1.95. The minimum Gasteiger partial charge on any atom is -0.403 e. The molecule has 0 aliphatic carbocycles. The lowest BCUT2D eigenvalue weighted by molar-refractivity contribution is 0.170. The summed E-state index contributed by atoms with van der Waals surface area (Å²) in [7, 11) is -0.837. The molecule has 30 heavy (non-hydrogen) atoms. The highest BCUT2D eigenvalue weighted by atomic mass is 32.2. The number of ether oxygens (including phenoxy) is 1. The molecule has 3 aromatic rings. The van der Waals surface area contributed by atoms with E-state index in [4.69, 9.17) is 14.3 Å². The number of nitrogens with two attached hydrogens (primary N) is 1. The zero-order valence-electron chi connectivity index (χ0n) is 16.5. The Labute approximate surface area is 172 Å². The Kier molecular flexibility index (Phi) is 5.76. The minimum absolute atomic E-state index is 0.0123. The first-order valence-electron chi connectivity index (χ1n) is 8.75. The molecular formula is C19H20N4O6S. The van der Waals surface area contributed by atoms with Crippen LogP contribution < -0.4 is 20.2 Å². The van der Waals surface area contributed by atoms with E-state index < -0.39 is 21.9 Å². The summed E-state index contributed by atoms with van der Waals surface area (Å²) < 4.78 is 35.1. The normalized spacial score (nSPS) is 11.3. The zero-order valence-corrected chi connectivity index (χ0v) is 17.3. The lowest BCUT2D eigenvalue weighted by Gasteiger charge is -2.11. The van der Waals surface area contributed by atoms with E-state index in [1.54, 1.807) is 37.3 Å². The number of hydrogen-bond acceptors (Lipinski definition) is 7. The highest BCUT2D eigenvalue weighted by Gasteiger charge is 2.15. The second kappa shape index (κ2) is 8.13. The van der Waals surface area contributed by atoms with Crippen LogP contribution in [0.2, 0.25) is 0 Å². The summed E-state index contributed by atoms with van der Waals surface area (Å²) in [5.41, 5.74) is 1.48. The van der Waals surface area contributed by atoms with Crippen LogP contribution in [-0.2, 0) is 16.6 Å². The Morgan fingerprint density at radius 1 is 1.27 bits per heavy atom. The minimum atomic E-state index is -3.91. The van der Waals surface area contributed by atoms with E-state index in [1.165, 1.54) is 25.1 Å². The van der Waals surface area contributed by atoms with E-state index >= 15 is 0 Å². The molecule has 0 atom stereocenters. The quantitative estimate of drug-likeness (QED) is 0.625. The molecule has 0 aliphatic heterocycles. The molecule has 1 aromatic carbocycles. The van der Waals surface area contributed by atoms with Crippen molar-refractivity contribution in [3.05, 3.63) is 63.5 Å². The van der Waals surface area contributed by atoms with Crippen LogP contribution in [0.5, 0.6) is 5.88 Å². The van der Waals surface area contributed by atoms with Gasteiger partial charge in [0, 0.05) is 37.5 Å². The van der Waals surface area contributed by atoms with E-state index in [-0.39, 0.29) is 23.7 Å². The van der Waals surface area contributed by atoms with Gasteiger partial charge in [0.2, 0.25) is 11.6 Å². The third kappa shape index (κ3) is 4.93. The maximum absolute atomic E-state index is 12.6. The second-order valence-electron chi connectivity index (χ2n) is 6.78. The van der Waals surface area contributed by atoms with Crippen LogP contribution in [0.3, 0.4) is 0 Å². The lowest BCUT2D eigenvalue weighted by atomic mass is 10.0. The number of rotatable bonds is 5. The average Bonchev–Trinajstić information content (AvgIpc) is 2.63. The van der Waals surface area contributed by atoms with Crippen LogP contribution in [0.1, 0.15) is 16.7 Å². The molecule has 2 aromatic heterocycles. The molecule has 3 N–H and O–H groups in total. The van der Waals surface area contributed by atoms with Crippen LogP contribution in [0.4, 0.5) is 10.5 Å². The number of nitrogens with zero attached hydrogens (tertiary/aromatic N) is 2. The Hall–Kier alpha value is -3.44. The summed E-state index contributed by atoms with van der Waals surface area (Å²) in [5.74, 6) is 0.0123. The van der Waals surface area contributed by atoms with Crippen LogP contribution in [0.15, 0.2) is 45.6 Å². The molecule has 0 fully saturated rings. The van der Waals surface area contributed by atoms with Gasteiger partial charge in [0.1, 0.15) is 0 Å². The molecular weight excluding hydrogens is 412 g/mol. The number of pyridine rings is 1. The van der Waals surface area contributed by atoms with Crippen molar-refractivity contribution in [3.63, 3.8) is 0 Å². The number of benzene rings is 1. The molecule has 0 saturated heterocycles. The molecule has 2 heterocycles. The van der Waals surface area contributed by atoms with Gasteiger partial charge in [0.25, 0.3) is 10.2 Å². The molecule has 0 bridgehead atoms. The summed E-state index contributed by atoms with van der Waals surface area (Å²) in [5, 5.41) is 5.59. The number of hydrogen-bond donors (Lipinski definition) is 2. The number of anilines is 1. The van der Waals surface area contributed by atoms with Crippen LogP contribution >= 0.6 is 0 Å². The number of nitrogens with one attached hydrogen (secondary N) is 1. The summed E-state index contributed by atoms with van der Waals surface area (Å²) >= 11 is 0. The van der Waals surface area contributed by atoms with E-state index in [2.05, 4.69) is 9.71 Å². The van der Waals surface area contributed by atoms with E-state index in [0.29, 0.717) is 22.1 Å². The summed E-state index contributed by atoms with van der Waals surface area (Å²) in [6.07, 6.45) is -0.396. The monoisotopic (exact) mass is 432 g/mol. The Morgan fingerprint density at radius 3 is 2.67 bits per heavy atom. The zero-order chi connectivity index (χ0) is 22.1. The van der Waals surface area contributed by atoms with E-state index in [1.807, 2.05) is 0 Å². The van der Waals surface area contributed by atoms with Crippen molar-refractivity contribution in [3.8, 4) is 5.88 Å². The number of carbonyl (C=O) groups excluding carboxylic acids is 1. The van der Waals surface area contributed by atoms with Gasteiger partial charge in [0.05, 0.1) is 5.69 Å². The molecule has 0 saturated carbocycles. The van der Waals surface area contributed by atoms with Crippen molar-refractivity contribution < 1.29 is 22.4 Å². The molecule has 10 nitrogen and oxygen atoms in total. The van der Waals surface area contributed by atoms with E-state index in [9.17, 15) is 18.0 Å². The molecule has 0 unspecified atom stereocenters. The Morgan fingerprint density at radius 2 is 2.00 bits per heavy atom. The standard InChI is InChI=1S/C19H20N4O6S/c1-11-14-7-8-16(28-19(25)23(2)3)21-17(14)29-18(24)15(11)10-12-5-4-6-13(9-12)22-30(20,26)27/h4-9,22H,10H2,1-3H3,(H2,20,26,27). The van der Waals surface area contributed by atoms with Crippen molar-refractivity contribution in [1.82, 2.24) is 9.88 Å². The number of amides is 1. The van der Waals surface area contributed by atoms with Crippen molar-refractivity contribution in [1.29, 1.82) is 0 Å². The van der Waals surface area contributed by atoms with Gasteiger partial charge in [-0.1, -0.05) is 12.1 Å². The number of aryl methyl sites for hydroxylation is 1. The number of fused-ring (bicyclic) bond motifs is 1. The third-order valence-corrected chi connectivity index (χ3v) is 4.77. The highest BCUT2D eigenvalue weighted by molar-refractivity contribution is 7.90.